The standard InChI is InChI=1S/C12H17NO/c1-8-5-10(9(2)13)3-4-12(8)11-6-14-7-11/h3-5,9,11H,6-7,13H2,1-2H3. The monoisotopic (exact) mass is 191 g/mol. The van der Waals surface area contributed by atoms with Gasteiger partial charge in [0.1, 0.15) is 0 Å². The van der Waals surface area contributed by atoms with E-state index in [-0.39, 0.29) is 6.04 Å². The van der Waals surface area contributed by atoms with Gasteiger partial charge in [0.2, 0.25) is 0 Å². The van der Waals surface area contributed by atoms with Crippen LogP contribution in [0.4, 0.5) is 0 Å². The Labute approximate surface area is 85.1 Å². The van der Waals surface area contributed by atoms with E-state index in [4.69, 9.17) is 10.5 Å². The van der Waals surface area contributed by atoms with Crippen LogP contribution in [-0.2, 0) is 4.74 Å². The van der Waals surface area contributed by atoms with E-state index >= 15 is 0 Å². The number of rotatable bonds is 2. The van der Waals surface area contributed by atoms with Crippen LogP contribution in [0.1, 0.15) is 35.6 Å². The van der Waals surface area contributed by atoms with E-state index in [0.29, 0.717) is 5.92 Å². The number of aryl methyl sites for hydroxylation is 1. The van der Waals surface area contributed by atoms with Crippen LogP contribution in [-0.4, -0.2) is 13.2 Å². The molecule has 2 nitrogen and oxygen atoms in total. The summed E-state index contributed by atoms with van der Waals surface area (Å²) in [6.45, 7) is 5.91. The molecule has 1 fully saturated rings. The Balaban J connectivity index is 2.26. The molecule has 0 radical (unpaired) electrons. The van der Waals surface area contributed by atoms with Gasteiger partial charge in [-0.1, -0.05) is 18.2 Å². The van der Waals surface area contributed by atoms with Crippen molar-refractivity contribution in [1.82, 2.24) is 0 Å². The summed E-state index contributed by atoms with van der Waals surface area (Å²) < 4.78 is 5.20. The van der Waals surface area contributed by atoms with Gasteiger partial charge in [-0.3, -0.25) is 0 Å². The molecule has 1 atom stereocenters. The Hall–Kier alpha value is -0.860. The summed E-state index contributed by atoms with van der Waals surface area (Å²) in [7, 11) is 0. The quantitative estimate of drug-likeness (QED) is 0.777. The highest BCUT2D eigenvalue weighted by molar-refractivity contribution is 5.35. The number of hydrogen-bond donors (Lipinski definition) is 1. The first-order valence-corrected chi connectivity index (χ1v) is 5.12. The van der Waals surface area contributed by atoms with Crippen LogP contribution in [0.2, 0.25) is 0 Å². The smallest absolute Gasteiger partial charge is 0.0557 e. The number of hydrogen-bond acceptors (Lipinski definition) is 2. The number of ether oxygens (including phenoxy) is 1. The first-order valence-electron chi connectivity index (χ1n) is 5.12. The summed E-state index contributed by atoms with van der Waals surface area (Å²) in [6, 6.07) is 6.64. The highest BCUT2D eigenvalue weighted by Gasteiger charge is 2.22. The molecule has 2 N–H and O–H groups in total. The molecule has 1 aromatic carbocycles. The molecule has 0 spiro atoms. The maximum Gasteiger partial charge on any atom is 0.0557 e. The average molecular weight is 191 g/mol. The Kier molecular flexibility index (Phi) is 2.57. The van der Waals surface area contributed by atoms with Crippen molar-refractivity contribution in [2.75, 3.05) is 13.2 Å². The molecular formula is C12H17NO. The molecule has 1 aliphatic rings. The Bertz CT molecular complexity index is 329. The van der Waals surface area contributed by atoms with Crippen LogP contribution >= 0.6 is 0 Å². The topological polar surface area (TPSA) is 35.2 Å². The molecule has 1 saturated heterocycles. The van der Waals surface area contributed by atoms with Crippen molar-refractivity contribution in [3.05, 3.63) is 34.9 Å². The van der Waals surface area contributed by atoms with Gasteiger partial charge in [-0.05, 0) is 30.5 Å². The molecule has 76 valence electrons. The van der Waals surface area contributed by atoms with E-state index in [1.807, 2.05) is 6.92 Å². The first kappa shape index (κ1) is 9.69. The lowest BCUT2D eigenvalue weighted by Gasteiger charge is -2.28. The Morgan fingerprint density at radius 3 is 2.57 bits per heavy atom. The van der Waals surface area contributed by atoms with Crippen LogP contribution in [0.3, 0.4) is 0 Å². The zero-order valence-electron chi connectivity index (χ0n) is 8.79. The second kappa shape index (κ2) is 3.71. The minimum absolute atomic E-state index is 0.125. The SMILES string of the molecule is Cc1cc(C(C)N)ccc1C1COC1. The van der Waals surface area contributed by atoms with Gasteiger partial charge in [0.15, 0.2) is 0 Å². The van der Waals surface area contributed by atoms with Crippen LogP contribution in [0.5, 0.6) is 0 Å². The third kappa shape index (κ3) is 1.68. The van der Waals surface area contributed by atoms with E-state index in [0.717, 1.165) is 13.2 Å². The lowest BCUT2D eigenvalue weighted by molar-refractivity contribution is 0.00816. The summed E-state index contributed by atoms with van der Waals surface area (Å²) in [4.78, 5) is 0. The lowest BCUT2D eigenvalue weighted by Crippen LogP contribution is -2.25. The molecule has 2 rings (SSSR count). The fourth-order valence-corrected chi connectivity index (χ4v) is 1.86. The molecule has 1 aliphatic heterocycles. The third-order valence-electron chi connectivity index (χ3n) is 2.90. The normalized spacial score (nSPS) is 19.1. The van der Waals surface area contributed by atoms with Crippen molar-refractivity contribution in [2.45, 2.75) is 25.8 Å². The average Bonchev–Trinajstić information content (AvgIpc) is 2.04. The van der Waals surface area contributed by atoms with E-state index in [2.05, 4.69) is 25.1 Å². The lowest BCUT2D eigenvalue weighted by atomic mass is 9.91. The van der Waals surface area contributed by atoms with Gasteiger partial charge in [0, 0.05) is 12.0 Å². The molecule has 0 bridgehead atoms. The molecule has 1 aromatic rings. The minimum atomic E-state index is 0.125. The highest BCUT2D eigenvalue weighted by atomic mass is 16.5. The van der Waals surface area contributed by atoms with Gasteiger partial charge in [-0.15, -0.1) is 0 Å². The molecule has 2 heteroatoms. The maximum absolute atomic E-state index is 5.83. The van der Waals surface area contributed by atoms with Crippen LogP contribution in [0.25, 0.3) is 0 Å². The summed E-state index contributed by atoms with van der Waals surface area (Å²) in [5.74, 6) is 0.608. The fourth-order valence-electron chi connectivity index (χ4n) is 1.86. The van der Waals surface area contributed by atoms with Crippen molar-refractivity contribution in [2.24, 2.45) is 5.73 Å². The van der Waals surface area contributed by atoms with Crippen molar-refractivity contribution in [1.29, 1.82) is 0 Å². The highest BCUT2D eigenvalue weighted by Crippen LogP contribution is 2.28. The third-order valence-corrected chi connectivity index (χ3v) is 2.90. The van der Waals surface area contributed by atoms with E-state index in [9.17, 15) is 0 Å². The second-order valence-electron chi connectivity index (χ2n) is 4.14. The van der Waals surface area contributed by atoms with E-state index < -0.39 is 0 Å². The molecule has 1 unspecified atom stereocenters. The molecule has 0 saturated carbocycles. The summed E-state index contributed by atoms with van der Waals surface area (Å²) in [6.07, 6.45) is 0. The summed E-state index contributed by atoms with van der Waals surface area (Å²) in [5, 5.41) is 0. The Morgan fingerprint density at radius 1 is 1.43 bits per heavy atom. The van der Waals surface area contributed by atoms with Gasteiger partial charge in [0.05, 0.1) is 13.2 Å². The summed E-state index contributed by atoms with van der Waals surface area (Å²) >= 11 is 0. The van der Waals surface area contributed by atoms with Crippen molar-refractivity contribution in [3.63, 3.8) is 0 Å². The van der Waals surface area contributed by atoms with Gasteiger partial charge < -0.3 is 10.5 Å². The number of benzene rings is 1. The van der Waals surface area contributed by atoms with Crippen molar-refractivity contribution in [3.8, 4) is 0 Å². The molecule has 14 heavy (non-hydrogen) atoms. The Morgan fingerprint density at radius 2 is 2.14 bits per heavy atom. The summed E-state index contributed by atoms with van der Waals surface area (Å²) in [5.41, 5.74) is 9.80. The molecule has 0 amide bonds. The van der Waals surface area contributed by atoms with E-state index in [1.165, 1.54) is 16.7 Å². The predicted molar refractivity (Wildman–Crippen MR) is 57.3 cm³/mol. The van der Waals surface area contributed by atoms with Gasteiger partial charge in [-0.2, -0.15) is 0 Å². The second-order valence-corrected chi connectivity index (χ2v) is 4.14. The van der Waals surface area contributed by atoms with Gasteiger partial charge >= 0.3 is 0 Å². The van der Waals surface area contributed by atoms with Gasteiger partial charge in [0.25, 0.3) is 0 Å². The minimum Gasteiger partial charge on any atom is -0.380 e. The zero-order valence-corrected chi connectivity index (χ0v) is 8.79. The molecule has 0 aliphatic carbocycles. The molecular weight excluding hydrogens is 174 g/mol. The van der Waals surface area contributed by atoms with Crippen molar-refractivity contribution >= 4 is 0 Å². The molecule has 0 aromatic heterocycles. The fraction of sp³-hybridized carbons (Fsp3) is 0.500. The van der Waals surface area contributed by atoms with Crippen molar-refractivity contribution < 1.29 is 4.74 Å². The predicted octanol–water partition coefficient (Wildman–Crippen LogP) is 2.13. The largest absolute Gasteiger partial charge is 0.380 e. The van der Waals surface area contributed by atoms with E-state index in [1.54, 1.807) is 0 Å². The zero-order chi connectivity index (χ0) is 10.1. The van der Waals surface area contributed by atoms with Crippen LogP contribution in [0.15, 0.2) is 18.2 Å². The van der Waals surface area contributed by atoms with Gasteiger partial charge in [-0.25, -0.2) is 0 Å². The molecule has 1 heterocycles. The first-order chi connectivity index (χ1) is 6.68. The van der Waals surface area contributed by atoms with Crippen LogP contribution in [0, 0.1) is 6.92 Å². The van der Waals surface area contributed by atoms with Crippen LogP contribution < -0.4 is 5.73 Å². The maximum atomic E-state index is 5.83. The number of nitrogens with two attached hydrogens (primary N) is 1.